The highest BCUT2D eigenvalue weighted by atomic mass is 16.1. The van der Waals surface area contributed by atoms with Crippen LogP contribution in [0.5, 0.6) is 0 Å². The maximum absolute atomic E-state index is 10.5. The van der Waals surface area contributed by atoms with Gasteiger partial charge in [0, 0.05) is 38.8 Å². The maximum atomic E-state index is 10.5. The van der Waals surface area contributed by atoms with E-state index in [1.54, 1.807) is 0 Å². The number of amides is 1. The van der Waals surface area contributed by atoms with Crippen molar-refractivity contribution in [3.05, 3.63) is 12.2 Å². The summed E-state index contributed by atoms with van der Waals surface area (Å²) in [7, 11) is 0. The Balaban J connectivity index is 1.66. The van der Waals surface area contributed by atoms with Crippen LogP contribution in [0.4, 0.5) is 0 Å². The summed E-state index contributed by atoms with van der Waals surface area (Å²) in [5, 5.41) is 0. The van der Waals surface area contributed by atoms with Crippen molar-refractivity contribution in [2.75, 3.05) is 32.7 Å². The minimum absolute atomic E-state index is 0.355. The summed E-state index contributed by atoms with van der Waals surface area (Å²) in [5.41, 5.74) is 5.03. The zero-order chi connectivity index (χ0) is 10.7. The standard InChI is InChI=1S/C11H19N3O/c12-11(15)2-1-5-13-6-8-14(9-7-13)10-3-4-10/h1-2,10H,3-9H2,(H2,12,15). The average Bonchev–Trinajstić information content (AvgIpc) is 3.02. The minimum Gasteiger partial charge on any atom is -0.366 e. The van der Waals surface area contributed by atoms with Gasteiger partial charge in [0.15, 0.2) is 0 Å². The highest BCUT2D eigenvalue weighted by molar-refractivity contribution is 5.85. The summed E-state index contributed by atoms with van der Waals surface area (Å²) in [6.45, 7) is 5.42. The van der Waals surface area contributed by atoms with Gasteiger partial charge in [-0.05, 0) is 18.9 Å². The molecule has 0 spiro atoms. The van der Waals surface area contributed by atoms with Crippen LogP contribution >= 0.6 is 0 Å². The van der Waals surface area contributed by atoms with Crippen LogP contribution in [0.2, 0.25) is 0 Å². The van der Waals surface area contributed by atoms with E-state index in [1.165, 1.54) is 32.0 Å². The summed E-state index contributed by atoms with van der Waals surface area (Å²) < 4.78 is 0. The van der Waals surface area contributed by atoms with Crippen LogP contribution < -0.4 is 5.73 Å². The SMILES string of the molecule is NC(=O)C=CCN1CCN(C2CC2)CC1. The lowest BCUT2D eigenvalue weighted by Gasteiger charge is -2.34. The number of carbonyl (C=O) groups is 1. The Bertz CT molecular complexity index is 253. The fourth-order valence-corrected chi connectivity index (χ4v) is 2.07. The lowest BCUT2D eigenvalue weighted by atomic mass is 10.3. The van der Waals surface area contributed by atoms with Gasteiger partial charge >= 0.3 is 0 Å². The monoisotopic (exact) mass is 209 g/mol. The molecule has 0 bridgehead atoms. The molecule has 2 fully saturated rings. The second-order valence-electron chi connectivity index (χ2n) is 4.37. The molecular formula is C11H19N3O. The topological polar surface area (TPSA) is 49.6 Å². The van der Waals surface area contributed by atoms with Crippen molar-refractivity contribution in [3.63, 3.8) is 0 Å². The van der Waals surface area contributed by atoms with Crippen molar-refractivity contribution in [1.82, 2.24) is 9.80 Å². The Morgan fingerprint density at radius 2 is 1.93 bits per heavy atom. The average molecular weight is 209 g/mol. The first kappa shape index (κ1) is 10.6. The van der Waals surface area contributed by atoms with Crippen LogP contribution in [0.15, 0.2) is 12.2 Å². The third kappa shape index (κ3) is 3.32. The normalized spacial score (nSPS) is 24.8. The van der Waals surface area contributed by atoms with E-state index < -0.39 is 0 Å². The predicted molar refractivity (Wildman–Crippen MR) is 59.4 cm³/mol. The molecule has 1 amide bonds. The van der Waals surface area contributed by atoms with E-state index >= 15 is 0 Å². The van der Waals surface area contributed by atoms with Gasteiger partial charge in [-0.1, -0.05) is 6.08 Å². The molecule has 1 saturated carbocycles. The molecular weight excluding hydrogens is 190 g/mol. The molecule has 2 aliphatic rings. The van der Waals surface area contributed by atoms with Crippen molar-refractivity contribution in [1.29, 1.82) is 0 Å². The van der Waals surface area contributed by atoms with E-state index in [1.807, 2.05) is 6.08 Å². The van der Waals surface area contributed by atoms with E-state index in [-0.39, 0.29) is 5.91 Å². The number of hydrogen-bond donors (Lipinski definition) is 1. The Labute approximate surface area is 90.7 Å². The van der Waals surface area contributed by atoms with Gasteiger partial charge in [-0.3, -0.25) is 14.6 Å². The molecule has 0 aromatic heterocycles. The lowest BCUT2D eigenvalue weighted by molar-refractivity contribution is -0.113. The Kier molecular flexibility index (Phi) is 3.38. The molecule has 15 heavy (non-hydrogen) atoms. The molecule has 84 valence electrons. The van der Waals surface area contributed by atoms with Gasteiger partial charge in [-0.15, -0.1) is 0 Å². The third-order valence-electron chi connectivity index (χ3n) is 3.12. The summed E-state index contributed by atoms with van der Waals surface area (Å²) in [6, 6.07) is 0.883. The van der Waals surface area contributed by atoms with Gasteiger partial charge in [-0.2, -0.15) is 0 Å². The Morgan fingerprint density at radius 1 is 1.27 bits per heavy atom. The second-order valence-corrected chi connectivity index (χ2v) is 4.37. The largest absolute Gasteiger partial charge is 0.366 e. The first-order valence-electron chi connectivity index (χ1n) is 5.68. The van der Waals surface area contributed by atoms with E-state index in [2.05, 4.69) is 9.80 Å². The zero-order valence-corrected chi connectivity index (χ0v) is 9.06. The van der Waals surface area contributed by atoms with Gasteiger partial charge < -0.3 is 5.73 Å². The molecule has 1 aliphatic heterocycles. The van der Waals surface area contributed by atoms with Crippen LogP contribution in [0.25, 0.3) is 0 Å². The lowest BCUT2D eigenvalue weighted by Crippen LogP contribution is -2.47. The summed E-state index contributed by atoms with van der Waals surface area (Å²) in [6.07, 6.45) is 6.09. The van der Waals surface area contributed by atoms with Crippen molar-refractivity contribution < 1.29 is 4.79 Å². The van der Waals surface area contributed by atoms with Crippen molar-refractivity contribution >= 4 is 5.91 Å². The first-order valence-corrected chi connectivity index (χ1v) is 5.68. The number of piperazine rings is 1. The van der Waals surface area contributed by atoms with Crippen molar-refractivity contribution in [2.24, 2.45) is 5.73 Å². The molecule has 0 radical (unpaired) electrons. The summed E-state index contributed by atoms with van der Waals surface area (Å²) in [5.74, 6) is -0.355. The molecule has 2 rings (SSSR count). The van der Waals surface area contributed by atoms with Crippen LogP contribution in [-0.4, -0.2) is 54.5 Å². The maximum Gasteiger partial charge on any atom is 0.241 e. The molecule has 1 heterocycles. The minimum atomic E-state index is -0.355. The number of primary amides is 1. The molecule has 0 atom stereocenters. The van der Waals surface area contributed by atoms with E-state index in [4.69, 9.17) is 5.73 Å². The third-order valence-corrected chi connectivity index (χ3v) is 3.12. The molecule has 4 heteroatoms. The first-order chi connectivity index (χ1) is 7.25. The number of nitrogens with two attached hydrogens (primary N) is 1. The summed E-state index contributed by atoms with van der Waals surface area (Å²) in [4.78, 5) is 15.4. The fourth-order valence-electron chi connectivity index (χ4n) is 2.07. The molecule has 1 saturated heterocycles. The smallest absolute Gasteiger partial charge is 0.241 e. The quantitative estimate of drug-likeness (QED) is 0.653. The van der Waals surface area contributed by atoms with Crippen LogP contribution in [0, 0.1) is 0 Å². The molecule has 2 N–H and O–H groups in total. The number of nitrogens with zero attached hydrogens (tertiary/aromatic N) is 2. The van der Waals surface area contributed by atoms with E-state index in [9.17, 15) is 4.79 Å². The van der Waals surface area contributed by atoms with E-state index in [0.29, 0.717) is 0 Å². The van der Waals surface area contributed by atoms with Crippen molar-refractivity contribution in [2.45, 2.75) is 18.9 Å². The molecule has 0 unspecified atom stereocenters. The molecule has 0 aromatic carbocycles. The van der Waals surface area contributed by atoms with Crippen LogP contribution in [-0.2, 0) is 4.79 Å². The second kappa shape index (κ2) is 4.77. The van der Waals surface area contributed by atoms with Crippen LogP contribution in [0.1, 0.15) is 12.8 Å². The van der Waals surface area contributed by atoms with Gasteiger partial charge in [-0.25, -0.2) is 0 Å². The predicted octanol–water partition coefficient (Wildman–Crippen LogP) is -0.192. The highest BCUT2D eigenvalue weighted by Crippen LogP contribution is 2.27. The number of carbonyl (C=O) groups excluding carboxylic acids is 1. The van der Waals surface area contributed by atoms with Gasteiger partial charge in [0.2, 0.25) is 5.91 Å². The van der Waals surface area contributed by atoms with Crippen molar-refractivity contribution in [3.8, 4) is 0 Å². The molecule has 4 nitrogen and oxygen atoms in total. The molecule has 0 aromatic rings. The number of hydrogen-bond acceptors (Lipinski definition) is 3. The summed E-state index contributed by atoms with van der Waals surface area (Å²) >= 11 is 0. The highest BCUT2D eigenvalue weighted by Gasteiger charge is 2.30. The van der Waals surface area contributed by atoms with Gasteiger partial charge in [0.1, 0.15) is 0 Å². The van der Waals surface area contributed by atoms with Crippen LogP contribution in [0.3, 0.4) is 0 Å². The Morgan fingerprint density at radius 3 is 2.47 bits per heavy atom. The fraction of sp³-hybridized carbons (Fsp3) is 0.727. The van der Waals surface area contributed by atoms with E-state index in [0.717, 1.165) is 25.7 Å². The van der Waals surface area contributed by atoms with Gasteiger partial charge in [0.05, 0.1) is 0 Å². The zero-order valence-electron chi connectivity index (χ0n) is 9.06. The Hall–Kier alpha value is -0.870. The molecule has 1 aliphatic carbocycles. The number of rotatable bonds is 4. The van der Waals surface area contributed by atoms with Gasteiger partial charge in [0.25, 0.3) is 0 Å².